The van der Waals surface area contributed by atoms with Crippen molar-refractivity contribution in [2.45, 2.75) is 63.8 Å². The SMILES string of the molecule is CCNC(=NCC1(c2cccs2)CCCCC1)NCCCCn1cnnc1. The molecule has 0 atom stereocenters. The summed E-state index contributed by atoms with van der Waals surface area (Å²) in [6.07, 6.45) is 12.3. The highest BCUT2D eigenvalue weighted by molar-refractivity contribution is 7.10. The van der Waals surface area contributed by atoms with Gasteiger partial charge in [0, 0.05) is 29.9 Å². The topological polar surface area (TPSA) is 67.1 Å². The molecule has 6 nitrogen and oxygen atoms in total. The van der Waals surface area contributed by atoms with Gasteiger partial charge in [0.15, 0.2) is 5.96 Å². The van der Waals surface area contributed by atoms with Gasteiger partial charge >= 0.3 is 0 Å². The fourth-order valence-corrected chi connectivity index (χ4v) is 4.81. The number of nitrogens with one attached hydrogen (secondary N) is 2. The molecule has 1 saturated carbocycles. The number of rotatable bonds is 9. The van der Waals surface area contributed by atoms with Crippen molar-refractivity contribution in [3.63, 3.8) is 0 Å². The lowest BCUT2D eigenvalue weighted by Crippen LogP contribution is -2.40. The number of hydrogen-bond donors (Lipinski definition) is 2. The second kappa shape index (κ2) is 10.4. The Hall–Kier alpha value is -1.89. The van der Waals surface area contributed by atoms with Crippen LogP contribution >= 0.6 is 11.3 Å². The summed E-state index contributed by atoms with van der Waals surface area (Å²) in [5, 5.41) is 16.8. The average molecular weight is 389 g/mol. The summed E-state index contributed by atoms with van der Waals surface area (Å²) in [6.45, 7) is 5.78. The third-order valence-electron chi connectivity index (χ3n) is 5.34. The van der Waals surface area contributed by atoms with Gasteiger partial charge in [-0.05, 0) is 44.1 Å². The van der Waals surface area contributed by atoms with Crippen LogP contribution in [0.3, 0.4) is 0 Å². The number of guanidine groups is 1. The van der Waals surface area contributed by atoms with Crippen LogP contribution in [0, 0.1) is 0 Å². The van der Waals surface area contributed by atoms with Gasteiger partial charge in [-0.3, -0.25) is 4.99 Å². The van der Waals surface area contributed by atoms with Crippen molar-refractivity contribution >= 4 is 17.3 Å². The Kier molecular flexibility index (Phi) is 7.68. The summed E-state index contributed by atoms with van der Waals surface area (Å²) < 4.78 is 2.02. The molecule has 1 aliphatic rings. The van der Waals surface area contributed by atoms with E-state index >= 15 is 0 Å². The van der Waals surface area contributed by atoms with Gasteiger partial charge in [0.25, 0.3) is 0 Å². The van der Waals surface area contributed by atoms with Crippen LogP contribution in [-0.2, 0) is 12.0 Å². The molecule has 7 heteroatoms. The lowest BCUT2D eigenvalue weighted by Gasteiger charge is -2.35. The second-order valence-corrected chi connectivity index (χ2v) is 8.29. The van der Waals surface area contributed by atoms with Crippen molar-refractivity contribution in [2.75, 3.05) is 19.6 Å². The Balaban J connectivity index is 1.52. The van der Waals surface area contributed by atoms with Crippen LogP contribution in [0.15, 0.2) is 35.2 Å². The maximum atomic E-state index is 4.99. The third-order valence-corrected chi connectivity index (χ3v) is 6.46. The number of hydrogen-bond acceptors (Lipinski definition) is 4. The number of nitrogens with zero attached hydrogens (tertiary/aromatic N) is 4. The fraction of sp³-hybridized carbons (Fsp3) is 0.650. The van der Waals surface area contributed by atoms with Gasteiger partial charge in [-0.15, -0.1) is 21.5 Å². The predicted octanol–water partition coefficient (Wildman–Crippen LogP) is 3.58. The molecule has 1 aliphatic carbocycles. The summed E-state index contributed by atoms with van der Waals surface area (Å²) in [6, 6.07) is 4.48. The Morgan fingerprint density at radius 3 is 2.70 bits per heavy atom. The van der Waals surface area contributed by atoms with Crippen LogP contribution in [0.2, 0.25) is 0 Å². The third kappa shape index (κ3) is 5.79. The monoisotopic (exact) mass is 388 g/mol. The lowest BCUT2D eigenvalue weighted by molar-refractivity contribution is 0.306. The van der Waals surface area contributed by atoms with E-state index in [0.29, 0.717) is 0 Å². The maximum Gasteiger partial charge on any atom is 0.191 e. The maximum absolute atomic E-state index is 4.99. The van der Waals surface area contributed by atoms with Crippen LogP contribution in [0.4, 0.5) is 0 Å². The molecule has 27 heavy (non-hydrogen) atoms. The summed E-state index contributed by atoms with van der Waals surface area (Å²) in [7, 11) is 0. The zero-order valence-electron chi connectivity index (χ0n) is 16.4. The summed E-state index contributed by atoms with van der Waals surface area (Å²) in [4.78, 5) is 6.50. The standard InChI is InChI=1S/C20H32N6S/c1-2-21-19(22-12-6-7-13-26-16-24-25-17-26)23-15-20(10-4-3-5-11-20)18-9-8-14-27-18/h8-9,14,16-17H,2-7,10-13,15H2,1H3,(H2,21,22,23). The van der Waals surface area contributed by atoms with Crippen molar-refractivity contribution in [3.05, 3.63) is 35.0 Å². The molecular weight excluding hydrogens is 356 g/mol. The molecule has 0 spiro atoms. The minimum absolute atomic E-state index is 0.239. The first-order valence-electron chi connectivity index (χ1n) is 10.2. The molecule has 2 aromatic heterocycles. The highest BCUT2D eigenvalue weighted by Gasteiger charge is 2.34. The van der Waals surface area contributed by atoms with E-state index in [1.165, 1.54) is 37.0 Å². The van der Waals surface area contributed by atoms with E-state index in [2.05, 4.69) is 45.3 Å². The highest BCUT2D eigenvalue weighted by Crippen LogP contribution is 2.41. The van der Waals surface area contributed by atoms with Gasteiger partial charge in [-0.2, -0.15) is 0 Å². The fourth-order valence-electron chi connectivity index (χ4n) is 3.83. The van der Waals surface area contributed by atoms with Crippen molar-refractivity contribution in [3.8, 4) is 0 Å². The Bertz CT molecular complexity index is 659. The Labute approximate surface area is 166 Å². The van der Waals surface area contributed by atoms with E-state index < -0.39 is 0 Å². The van der Waals surface area contributed by atoms with E-state index in [4.69, 9.17) is 4.99 Å². The quantitative estimate of drug-likeness (QED) is 0.391. The van der Waals surface area contributed by atoms with E-state index in [1.807, 2.05) is 15.9 Å². The molecule has 148 valence electrons. The Morgan fingerprint density at radius 2 is 2.00 bits per heavy atom. The molecule has 0 aliphatic heterocycles. The van der Waals surface area contributed by atoms with Crippen molar-refractivity contribution in [1.29, 1.82) is 0 Å². The van der Waals surface area contributed by atoms with E-state index in [-0.39, 0.29) is 5.41 Å². The number of aliphatic imine (C=N–C) groups is 1. The van der Waals surface area contributed by atoms with Crippen LogP contribution in [0.1, 0.15) is 56.7 Å². The first-order chi connectivity index (χ1) is 13.3. The van der Waals surface area contributed by atoms with Crippen molar-refractivity contribution in [1.82, 2.24) is 25.4 Å². The van der Waals surface area contributed by atoms with E-state index in [1.54, 1.807) is 12.7 Å². The molecule has 2 N–H and O–H groups in total. The molecule has 0 amide bonds. The minimum Gasteiger partial charge on any atom is -0.357 e. The smallest absolute Gasteiger partial charge is 0.191 e. The average Bonchev–Trinajstić information content (AvgIpc) is 3.41. The molecule has 3 rings (SSSR count). The molecule has 2 aromatic rings. The normalized spacial score (nSPS) is 17.0. The lowest BCUT2D eigenvalue weighted by atomic mass is 9.73. The summed E-state index contributed by atoms with van der Waals surface area (Å²) >= 11 is 1.89. The van der Waals surface area contributed by atoms with Crippen molar-refractivity contribution < 1.29 is 0 Å². The van der Waals surface area contributed by atoms with Gasteiger partial charge in [0.2, 0.25) is 0 Å². The van der Waals surface area contributed by atoms with Crippen molar-refractivity contribution in [2.24, 2.45) is 4.99 Å². The van der Waals surface area contributed by atoms with Crippen LogP contribution in [0.25, 0.3) is 0 Å². The zero-order chi connectivity index (χ0) is 18.8. The highest BCUT2D eigenvalue weighted by atomic mass is 32.1. The molecule has 0 saturated heterocycles. The van der Waals surface area contributed by atoms with Gasteiger partial charge in [0.05, 0.1) is 6.54 Å². The molecule has 0 aromatic carbocycles. The number of aromatic nitrogens is 3. The molecule has 1 fully saturated rings. The number of thiophene rings is 1. The van der Waals surface area contributed by atoms with Crippen LogP contribution in [0.5, 0.6) is 0 Å². The van der Waals surface area contributed by atoms with E-state index in [9.17, 15) is 0 Å². The van der Waals surface area contributed by atoms with E-state index in [0.717, 1.165) is 45.0 Å². The van der Waals surface area contributed by atoms with Crippen LogP contribution < -0.4 is 10.6 Å². The first-order valence-corrected chi connectivity index (χ1v) is 11.1. The molecule has 0 bridgehead atoms. The summed E-state index contributed by atoms with van der Waals surface area (Å²) in [5.41, 5.74) is 0.239. The Morgan fingerprint density at radius 1 is 1.19 bits per heavy atom. The molecule has 2 heterocycles. The number of aryl methyl sites for hydroxylation is 1. The largest absolute Gasteiger partial charge is 0.357 e. The molecule has 0 radical (unpaired) electrons. The predicted molar refractivity (Wildman–Crippen MR) is 112 cm³/mol. The minimum atomic E-state index is 0.239. The number of unbranched alkanes of at least 4 members (excludes halogenated alkanes) is 1. The van der Waals surface area contributed by atoms with Gasteiger partial charge in [-0.25, -0.2) is 0 Å². The van der Waals surface area contributed by atoms with Gasteiger partial charge in [-0.1, -0.05) is 25.3 Å². The second-order valence-electron chi connectivity index (χ2n) is 7.35. The summed E-state index contributed by atoms with van der Waals surface area (Å²) in [5.74, 6) is 0.948. The molecule has 0 unspecified atom stereocenters. The van der Waals surface area contributed by atoms with Crippen LogP contribution in [-0.4, -0.2) is 40.4 Å². The molecular formula is C20H32N6S. The van der Waals surface area contributed by atoms with Gasteiger partial charge in [0.1, 0.15) is 12.7 Å². The van der Waals surface area contributed by atoms with Gasteiger partial charge < -0.3 is 15.2 Å². The first kappa shape index (κ1) is 19.9. The zero-order valence-corrected chi connectivity index (χ0v) is 17.2.